The van der Waals surface area contributed by atoms with E-state index in [9.17, 15) is 4.79 Å². The van der Waals surface area contributed by atoms with Crippen LogP contribution < -0.4 is 0 Å². The Balaban J connectivity index is 1.18. The van der Waals surface area contributed by atoms with E-state index < -0.39 is 0 Å². The van der Waals surface area contributed by atoms with Gasteiger partial charge in [-0.15, -0.1) is 10.2 Å². The van der Waals surface area contributed by atoms with Crippen molar-refractivity contribution in [3.63, 3.8) is 0 Å². The molecule has 0 unspecified atom stereocenters. The van der Waals surface area contributed by atoms with Crippen molar-refractivity contribution in [2.24, 2.45) is 0 Å². The molecule has 1 amide bonds. The predicted molar refractivity (Wildman–Crippen MR) is 124 cm³/mol. The summed E-state index contributed by atoms with van der Waals surface area (Å²) in [4.78, 5) is 19.3. The summed E-state index contributed by atoms with van der Waals surface area (Å²) in [5, 5.41) is 9.54. The number of likely N-dealkylation sites (tertiary alicyclic amines) is 1. The number of halogens is 1. The molecule has 0 aliphatic carbocycles. The Labute approximate surface area is 194 Å². The second-order valence-electron chi connectivity index (χ2n) is 7.88. The van der Waals surface area contributed by atoms with Crippen molar-refractivity contribution in [2.75, 3.05) is 18.8 Å². The fourth-order valence-electron chi connectivity index (χ4n) is 3.89. The minimum atomic E-state index is 0.0995. The van der Waals surface area contributed by atoms with E-state index in [2.05, 4.69) is 15.2 Å². The van der Waals surface area contributed by atoms with Gasteiger partial charge in [0.25, 0.3) is 0 Å². The number of rotatable bonds is 5. The number of carbonyl (C=O) groups is 1. The van der Waals surface area contributed by atoms with E-state index in [-0.39, 0.29) is 11.8 Å². The lowest BCUT2D eigenvalue weighted by Crippen LogP contribution is -2.39. The number of thioether (sulfide) groups is 1. The zero-order valence-corrected chi connectivity index (χ0v) is 19.1. The monoisotopic (exact) mass is 467 g/mol. The van der Waals surface area contributed by atoms with Gasteiger partial charge in [-0.3, -0.25) is 9.36 Å². The molecular formula is C23H22ClN5O2S. The summed E-state index contributed by atoms with van der Waals surface area (Å²) in [5.41, 5.74) is 3.58. The molecule has 5 rings (SSSR count). The second kappa shape index (κ2) is 8.96. The van der Waals surface area contributed by atoms with Gasteiger partial charge in [0.2, 0.25) is 5.91 Å². The van der Waals surface area contributed by atoms with Crippen LogP contribution in [0.3, 0.4) is 0 Å². The number of hydrogen-bond donors (Lipinski definition) is 0. The molecule has 0 spiro atoms. The summed E-state index contributed by atoms with van der Waals surface area (Å²) in [6.45, 7) is 3.35. The molecule has 0 N–H and O–H groups in total. The summed E-state index contributed by atoms with van der Waals surface area (Å²) in [7, 11) is 0. The van der Waals surface area contributed by atoms with E-state index in [4.69, 9.17) is 16.0 Å². The lowest BCUT2D eigenvalue weighted by Gasteiger charge is -2.30. The zero-order chi connectivity index (χ0) is 22.1. The van der Waals surface area contributed by atoms with Gasteiger partial charge in [-0.2, -0.15) is 0 Å². The van der Waals surface area contributed by atoms with Gasteiger partial charge in [-0.05, 0) is 49.6 Å². The first-order chi connectivity index (χ1) is 15.6. The number of fused-ring (bicyclic) bond motifs is 1. The number of carbonyl (C=O) groups excluding carboxylic acids is 1. The average molecular weight is 468 g/mol. The number of hydrogen-bond acceptors (Lipinski definition) is 6. The van der Waals surface area contributed by atoms with E-state index >= 15 is 0 Å². The molecule has 4 aromatic rings. The Hall–Kier alpha value is -2.84. The lowest BCUT2D eigenvalue weighted by molar-refractivity contribution is -0.129. The van der Waals surface area contributed by atoms with E-state index in [0.29, 0.717) is 29.0 Å². The average Bonchev–Trinajstić information content (AvgIpc) is 3.46. The normalized spacial score (nSPS) is 14.9. The van der Waals surface area contributed by atoms with Crippen LogP contribution >= 0.6 is 23.4 Å². The maximum atomic E-state index is 12.8. The molecule has 1 aliphatic rings. The molecule has 0 bridgehead atoms. The van der Waals surface area contributed by atoms with Crippen LogP contribution in [0.4, 0.5) is 0 Å². The van der Waals surface area contributed by atoms with E-state index in [0.717, 1.165) is 41.1 Å². The molecule has 2 aromatic carbocycles. The number of aromatic nitrogens is 4. The van der Waals surface area contributed by atoms with Gasteiger partial charge in [0.15, 0.2) is 16.6 Å². The van der Waals surface area contributed by atoms with Crippen LogP contribution in [0.15, 0.2) is 58.4 Å². The minimum Gasteiger partial charge on any atom is -0.440 e. The highest BCUT2D eigenvalue weighted by atomic mass is 35.5. The smallest absolute Gasteiger partial charge is 0.233 e. The highest BCUT2D eigenvalue weighted by Crippen LogP contribution is 2.30. The highest BCUT2D eigenvalue weighted by Gasteiger charge is 2.27. The topological polar surface area (TPSA) is 77.1 Å². The quantitative estimate of drug-likeness (QED) is 0.390. The molecule has 7 nitrogen and oxygen atoms in total. The molecule has 1 saturated heterocycles. The zero-order valence-electron chi connectivity index (χ0n) is 17.6. The lowest BCUT2D eigenvalue weighted by atomic mass is 9.97. The van der Waals surface area contributed by atoms with Gasteiger partial charge >= 0.3 is 0 Å². The molecule has 9 heteroatoms. The van der Waals surface area contributed by atoms with Crippen molar-refractivity contribution in [2.45, 2.75) is 30.8 Å². The van der Waals surface area contributed by atoms with Gasteiger partial charge in [0, 0.05) is 24.0 Å². The van der Waals surface area contributed by atoms with Gasteiger partial charge in [0.1, 0.15) is 11.8 Å². The first-order valence-electron chi connectivity index (χ1n) is 10.5. The Morgan fingerprint density at radius 3 is 2.81 bits per heavy atom. The molecule has 164 valence electrons. The SMILES string of the molecule is Cc1ccc(-n2cnnc2SCC(=O)N2CCC(c3nc4ccccc4o3)CC2)cc1Cl. The summed E-state index contributed by atoms with van der Waals surface area (Å²) >= 11 is 7.64. The maximum absolute atomic E-state index is 12.8. The molecule has 2 aromatic heterocycles. The summed E-state index contributed by atoms with van der Waals surface area (Å²) in [6, 6.07) is 13.6. The number of aryl methyl sites for hydroxylation is 1. The van der Waals surface area contributed by atoms with Gasteiger partial charge in [0.05, 0.1) is 11.4 Å². The van der Waals surface area contributed by atoms with E-state index in [1.54, 1.807) is 6.33 Å². The highest BCUT2D eigenvalue weighted by molar-refractivity contribution is 7.99. The van der Waals surface area contributed by atoms with Gasteiger partial charge in [-0.1, -0.05) is 41.6 Å². The first kappa shape index (κ1) is 21.0. The van der Waals surface area contributed by atoms with Crippen LogP contribution in [0.1, 0.15) is 30.2 Å². The number of oxazole rings is 1. The summed E-state index contributed by atoms with van der Waals surface area (Å²) in [5.74, 6) is 1.43. The number of amides is 1. The van der Waals surface area contributed by atoms with Crippen LogP contribution in [0.25, 0.3) is 16.8 Å². The van der Waals surface area contributed by atoms with Crippen molar-refractivity contribution >= 4 is 40.4 Å². The fraction of sp³-hybridized carbons (Fsp3) is 0.304. The Morgan fingerprint density at radius 1 is 1.22 bits per heavy atom. The van der Waals surface area contributed by atoms with Crippen LogP contribution in [-0.4, -0.2) is 49.4 Å². The Kier molecular flexibility index (Phi) is 5.89. The summed E-state index contributed by atoms with van der Waals surface area (Å²) in [6.07, 6.45) is 3.34. The van der Waals surface area contributed by atoms with Crippen molar-refractivity contribution in [3.05, 3.63) is 65.3 Å². The molecule has 0 atom stereocenters. The molecular weight excluding hydrogens is 446 g/mol. The number of para-hydroxylation sites is 2. The Bertz CT molecular complexity index is 1230. The maximum Gasteiger partial charge on any atom is 0.233 e. The van der Waals surface area contributed by atoms with Gasteiger partial charge < -0.3 is 9.32 Å². The molecule has 0 saturated carbocycles. The molecule has 32 heavy (non-hydrogen) atoms. The standard InChI is InChI=1S/C23H22ClN5O2S/c1-15-6-7-17(12-18(15)24)29-14-25-27-23(29)32-13-21(30)28-10-8-16(9-11-28)22-26-19-4-2-3-5-20(19)31-22/h2-7,12,14,16H,8-11,13H2,1H3. The van der Waals surface area contributed by atoms with Gasteiger partial charge in [-0.25, -0.2) is 4.98 Å². The summed E-state index contributed by atoms with van der Waals surface area (Å²) < 4.78 is 7.77. The number of piperidine rings is 1. The van der Waals surface area contributed by atoms with E-state index in [1.807, 2.05) is 58.9 Å². The van der Waals surface area contributed by atoms with Crippen molar-refractivity contribution in [1.82, 2.24) is 24.6 Å². The van der Waals surface area contributed by atoms with E-state index in [1.165, 1.54) is 11.8 Å². The minimum absolute atomic E-state index is 0.0995. The fourth-order valence-corrected chi connectivity index (χ4v) is 4.90. The predicted octanol–water partition coefficient (Wildman–Crippen LogP) is 4.87. The first-order valence-corrected chi connectivity index (χ1v) is 11.9. The van der Waals surface area contributed by atoms with Crippen molar-refractivity contribution < 1.29 is 9.21 Å². The van der Waals surface area contributed by atoms with Crippen LogP contribution in [0.5, 0.6) is 0 Å². The Morgan fingerprint density at radius 2 is 2.03 bits per heavy atom. The number of benzene rings is 2. The molecule has 0 radical (unpaired) electrons. The van der Waals surface area contributed by atoms with Crippen LogP contribution in [0.2, 0.25) is 5.02 Å². The number of nitrogens with zero attached hydrogens (tertiary/aromatic N) is 5. The molecule has 1 fully saturated rings. The largest absolute Gasteiger partial charge is 0.440 e. The molecule has 3 heterocycles. The second-order valence-corrected chi connectivity index (χ2v) is 9.23. The van der Waals surface area contributed by atoms with Crippen molar-refractivity contribution in [1.29, 1.82) is 0 Å². The third-order valence-corrected chi connectivity index (χ3v) is 7.12. The van der Waals surface area contributed by atoms with Crippen molar-refractivity contribution in [3.8, 4) is 5.69 Å². The third-order valence-electron chi connectivity index (χ3n) is 5.78. The van der Waals surface area contributed by atoms with Crippen LogP contribution in [-0.2, 0) is 4.79 Å². The third kappa shape index (κ3) is 4.25. The molecule has 1 aliphatic heterocycles. The van der Waals surface area contributed by atoms with Crippen LogP contribution in [0, 0.1) is 6.92 Å².